The molecule has 0 spiro atoms. The monoisotopic (exact) mass is 510 g/mol. The van der Waals surface area contributed by atoms with E-state index in [2.05, 4.69) is 21.4 Å². The molecule has 0 saturated heterocycles. The lowest BCUT2D eigenvalue weighted by molar-refractivity contribution is -0.137. The average Bonchev–Trinajstić information content (AvgIpc) is 2.89. The molecule has 2 aromatic heterocycles. The van der Waals surface area contributed by atoms with E-state index in [0.717, 1.165) is 55.9 Å². The van der Waals surface area contributed by atoms with Crippen LogP contribution in [0.4, 0.5) is 19.0 Å². The fraction of sp³-hybridized carbons (Fsp3) is 0.321. The molecule has 1 aliphatic rings. The van der Waals surface area contributed by atoms with E-state index >= 15 is 0 Å². The van der Waals surface area contributed by atoms with Crippen LogP contribution in [0.3, 0.4) is 0 Å². The van der Waals surface area contributed by atoms with Crippen molar-refractivity contribution in [3.8, 4) is 11.6 Å². The summed E-state index contributed by atoms with van der Waals surface area (Å²) in [5.74, 6) is 1.30. The molecule has 1 fully saturated rings. The number of hydrogen-bond donors (Lipinski definition) is 1. The van der Waals surface area contributed by atoms with Crippen molar-refractivity contribution in [3.63, 3.8) is 0 Å². The zero-order valence-electron chi connectivity index (χ0n) is 20.8. The smallest absolute Gasteiger partial charge is 0.417 e. The molecular formula is C28H29F3N4O2. The first-order valence-electron chi connectivity index (χ1n) is 12.2. The van der Waals surface area contributed by atoms with Gasteiger partial charge in [0.05, 0.1) is 11.1 Å². The predicted octanol–water partition coefficient (Wildman–Crippen LogP) is 6.50. The predicted molar refractivity (Wildman–Crippen MR) is 137 cm³/mol. The van der Waals surface area contributed by atoms with Gasteiger partial charge in [-0.1, -0.05) is 23.8 Å². The van der Waals surface area contributed by atoms with Crippen LogP contribution < -0.4 is 15.0 Å². The average molecular weight is 511 g/mol. The molecule has 1 N–H and O–H groups in total. The molecule has 6 nitrogen and oxygen atoms in total. The molecule has 0 unspecified atom stereocenters. The second-order valence-corrected chi connectivity index (χ2v) is 9.03. The summed E-state index contributed by atoms with van der Waals surface area (Å²) in [5.41, 5.74) is 1.93. The van der Waals surface area contributed by atoms with E-state index in [0.29, 0.717) is 11.3 Å². The highest BCUT2D eigenvalue weighted by molar-refractivity contribution is 5.94. The Morgan fingerprint density at radius 1 is 1.11 bits per heavy atom. The fourth-order valence-corrected chi connectivity index (χ4v) is 4.09. The topological polar surface area (TPSA) is 67.4 Å². The lowest BCUT2D eigenvalue weighted by Crippen LogP contribution is -2.36. The van der Waals surface area contributed by atoms with Gasteiger partial charge in [0.15, 0.2) is 0 Å². The highest BCUT2D eigenvalue weighted by Crippen LogP contribution is 2.31. The van der Waals surface area contributed by atoms with Gasteiger partial charge in [0.1, 0.15) is 11.6 Å². The Bertz CT molecular complexity index is 1230. The van der Waals surface area contributed by atoms with Crippen molar-refractivity contribution in [3.05, 3.63) is 83.2 Å². The summed E-state index contributed by atoms with van der Waals surface area (Å²) < 4.78 is 43.8. The number of carbonyl (C=O) groups is 1. The molecule has 1 saturated carbocycles. The molecule has 0 atom stereocenters. The number of halogens is 3. The second kappa shape index (κ2) is 11.5. The highest BCUT2D eigenvalue weighted by Gasteiger charge is 2.30. The van der Waals surface area contributed by atoms with Gasteiger partial charge < -0.3 is 15.0 Å². The van der Waals surface area contributed by atoms with E-state index < -0.39 is 11.7 Å². The first-order valence-corrected chi connectivity index (χ1v) is 12.2. The first-order chi connectivity index (χ1) is 17.7. The third-order valence-electron chi connectivity index (χ3n) is 6.35. The Morgan fingerprint density at radius 2 is 1.89 bits per heavy atom. The summed E-state index contributed by atoms with van der Waals surface area (Å²) >= 11 is 0. The number of nitrogens with zero attached hydrogens (tertiary/aromatic N) is 3. The van der Waals surface area contributed by atoms with E-state index in [1.807, 2.05) is 43.1 Å². The van der Waals surface area contributed by atoms with Gasteiger partial charge in [-0.15, -0.1) is 0 Å². The fourth-order valence-electron chi connectivity index (χ4n) is 4.09. The molecule has 9 heteroatoms. The van der Waals surface area contributed by atoms with Gasteiger partial charge in [-0.05, 0) is 68.5 Å². The number of allylic oxidation sites excluding steroid dienone is 1. The zero-order chi connectivity index (χ0) is 26.4. The normalized spacial score (nSPS) is 15.7. The minimum absolute atomic E-state index is 0.0938. The number of carbonyl (C=O) groups excluding carboxylic acids is 1. The van der Waals surface area contributed by atoms with E-state index in [1.54, 1.807) is 18.3 Å². The summed E-state index contributed by atoms with van der Waals surface area (Å²) in [5, 5.41) is 3.11. The maximum absolute atomic E-state index is 12.7. The highest BCUT2D eigenvalue weighted by atomic mass is 19.4. The van der Waals surface area contributed by atoms with Crippen LogP contribution in [0.1, 0.15) is 54.1 Å². The Balaban J connectivity index is 1.31. The maximum atomic E-state index is 12.7. The summed E-state index contributed by atoms with van der Waals surface area (Å²) in [6.45, 7) is 2.88. The molecule has 37 heavy (non-hydrogen) atoms. The number of pyridine rings is 2. The summed E-state index contributed by atoms with van der Waals surface area (Å²) in [6.07, 6.45) is 3.42. The van der Waals surface area contributed by atoms with Gasteiger partial charge >= 0.3 is 6.18 Å². The third kappa shape index (κ3) is 7.09. The van der Waals surface area contributed by atoms with Gasteiger partial charge in [-0.2, -0.15) is 13.2 Å². The molecule has 1 amide bonds. The second-order valence-electron chi connectivity index (χ2n) is 9.03. The van der Waals surface area contributed by atoms with Crippen LogP contribution in [-0.4, -0.2) is 35.5 Å². The molecule has 194 valence electrons. The number of benzene rings is 1. The Labute approximate surface area is 214 Å². The molecule has 2 heterocycles. The van der Waals surface area contributed by atoms with Crippen molar-refractivity contribution >= 4 is 17.8 Å². The largest absolute Gasteiger partial charge is 0.439 e. The lowest BCUT2D eigenvalue weighted by Gasteiger charge is -2.25. The SMILES string of the molecule is CCN(C)c1ccc(C(=O)NC2CCC(=Cc3cccc(Oc4ccc(C(F)(F)F)cn4)c3)CC2)cn1. The van der Waals surface area contributed by atoms with Gasteiger partial charge in [-0.3, -0.25) is 4.79 Å². The van der Waals surface area contributed by atoms with Gasteiger partial charge in [-0.25, -0.2) is 9.97 Å². The number of aromatic nitrogens is 2. The minimum atomic E-state index is -4.44. The Kier molecular flexibility index (Phi) is 8.11. The number of alkyl halides is 3. The van der Waals surface area contributed by atoms with Gasteiger partial charge in [0.25, 0.3) is 5.91 Å². The van der Waals surface area contributed by atoms with Crippen molar-refractivity contribution in [2.75, 3.05) is 18.5 Å². The van der Waals surface area contributed by atoms with Crippen molar-refractivity contribution in [1.82, 2.24) is 15.3 Å². The van der Waals surface area contributed by atoms with E-state index in [9.17, 15) is 18.0 Å². The number of rotatable bonds is 7. The van der Waals surface area contributed by atoms with Crippen LogP contribution in [0.15, 0.2) is 66.5 Å². The van der Waals surface area contributed by atoms with Gasteiger partial charge in [0, 0.05) is 38.1 Å². The summed E-state index contributed by atoms with van der Waals surface area (Å²) in [6, 6.07) is 13.2. The van der Waals surface area contributed by atoms with Crippen molar-refractivity contribution in [1.29, 1.82) is 0 Å². The number of nitrogens with one attached hydrogen (secondary N) is 1. The molecule has 0 aliphatic heterocycles. The van der Waals surface area contributed by atoms with Crippen molar-refractivity contribution < 1.29 is 22.7 Å². The minimum Gasteiger partial charge on any atom is -0.439 e. The molecule has 1 aromatic carbocycles. The van der Waals surface area contributed by atoms with E-state index in [1.165, 1.54) is 11.6 Å². The number of amides is 1. The van der Waals surface area contributed by atoms with Crippen molar-refractivity contribution in [2.24, 2.45) is 0 Å². The lowest BCUT2D eigenvalue weighted by atomic mass is 9.89. The Hall–Kier alpha value is -3.88. The van der Waals surface area contributed by atoms with Crippen LogP contribution >= 0.6 is 0 Å². The molecule has 4 rings (SSSR count). The summed E-state index contributed by atoms with van der Waals surface area (Å²) in [7, 11) is 1.95. The van der Waals surface area contributed by atoms with Crippen LogP contribution in [0.25, 0.3) is 6.08 Å². The number of hydrogen-bond acceptors (Lipinski definition) is 5. The Morgan fingerprint density at radius 3 is 2.51 bits per heavy atom. The maximum Gasteiger partial charge on any atom is 0.417 e. The molecule has 1 aliphatic carbocycles. The van der Waals surface area contributed by atoms with E-state index in [4.69, 9.17) is 4.74 Å². The number of anilines is 1. The molecule has 0 radical (unpaired) electrons. The van der Waals surface area contributed by atoms with Crippen LogP contribution in [0.5, 0.6) is 11.6 Å². The number of ether oxygens (including phenoxy) is 1. The van der Waals surface area contributed by atoms with Crippen LogP contribution in [0.2, 0.25) is 0 Å². The quantitative estimate of drug-likeness (QED) is 0.393. The van der Waals surface area contributed by atoms with Gasteiger partial charge in [0.2, 0.25) is 5.88 Å². The third-order valence-corrected chi connectivity index (χ3v) is 6.35. The standard InChI is InChI=1S/C28H29F3N4O2/c1-3-35(2)25-13-9-21(17-32-25)27(36)34-23-11-7-19(8-12-23)15-20-5-4-6-24(16-20)37-26-14-10-22(18-33-26)28(29,30)31/h4-6,9-10,13-18,23H,3,7-8,11-12H2,1-2H3,(H,34,36). The first kappa shape index (κ1) is 26.2. The molecule has 0 bridgehead atoms. The van der Waals surface area contributed by atoms with Crippen molar-refractivity contribution in [2.45, 2.75) is 44.8 Å². The summed E-state index contributed by atoms with van der Waals surface area (Å²) in [4.78, 5) is 22.8. The van der Waals surface area contributed by atoms with E-state index in [-0.39, 0.29) is 17.8 Å². The zero-order valence-corrected chi connectivity index (χ0v) is 20.8. The van der Waals surface area contributed by atoms with Crippen LogP contribution in [0, 0.1) is 0 Å². The molecular weight excluding hydrogens is 481 g/mol. The van der Waals surface area contributed by atoms with Crippen LogP contribution in [-0.2, 0) is 6.18 Å². The molecule has 3 aromatic rings.